The predicted octanol–water partition coefficient (Wildman–Crippen LogP) is 2.96. The van der Waals surface area contributed by atoms with Gasteiger partial charge in [-0.3, -0.25) is 14.5 Å². The van der Waals surface area contributed by atoms with Gasteiger partial charge in [0.25, 0.3) is 0 Å². The Balaban J connectivity index is 1.72. The van der Waals surface area contributed by atoms with E-state index in [1.807, 2.05) is 0 Å². The van der Waals surface area contributed by atoms with Crippen molar-refractivity contribution >= 4 is 16.9 Å². The zero-order chi connectivity index (χ0) is 22.1. The van der Waals surface area contributed by atoms with Gasteiger partial charge in [0, 0.05) is 24.2 Å². The van der Waals surface area contributed by atoms with E-state index in [4.69, 9.17) is 9.15 Å². The Morgan fingerprint density at radius 1 is 1.10 bits per heavy atom. The maximum absolute atomic E-state index is 12.8. The summed E-state index contributed by atoms with van der Waals surface area (Å²) in [6.07, 6.45) is 1.26. The van der Waals surface area contributed by atoms with Crippen LogP contribution in [0.1, 0.15) is 18.4 Å². The van der Waals surface area contributed by atoms with Gasteiger partial charge >= 0.3 is 5.97 Å². The number of methoxy groups -OCH3 is 1. The molecule has 0 atom stereocenters. The number of phenolic OH excluding ortho intramolecular Hbond substituents is 3. The Morgan fingerprint density at radius 3 is 2.42 bits per heavy atom. The lowest BCUT2D eigenvalue weighted by Crippen LogP contribution is -2.36. The topological polar surface area (TPSA) is 120 Å². The quantitative estimate of drug-likeness (QED) is 0.546. The van der Waals surface area contributed by atoms with E-state index in [9.17, 15) is 24.9 Å². The van der Waals surface area contributed by atoms with E-state index in [0.29, 0.717) is 43.6 Å². The standard InChI is InChI=1S/C23H23NO7/c1-30-23(29)14-6-8-24(9-7-14)12-16-17(26)10-18(27)21-19(28)11-20(31-22(16)21)13-2-4-15(25)5-3-13/h2-5,10-11,14,25-27H,6-9,12H2,1H3. The highest BCUT2D eigenvalue weighted by Gasteiger charge is 2.27. The highest BCUT2D eigenvalue weighted by molar-refractivity contribution is 5.89. The van der Waals surface area contributed by atoms with Crippen molar-refractivity contribution in [2.45, 2.75) is 19.4 Å². The van der Waals surface area contributed by atoms with Crippen LogP contribution in [0.5, 0.6) is 17.2 Å². The number of likely N-dealkylation sites (tertiary alicyclic amines) is 1. The zero-order valence-electron chi connectivity index (χ0n) is 17.0. The van der Waals surface area contributed by atoms with E-state index in [2.05, 4.69) is 4.90 Å². The summed E-state index contributed by atoms with van der Waals surface area (Å²) in [5.74, 6) is -0.559. The molecule has 0 unspecified atom stereocenters. The van der Waals surface area contributed by atoms with Crippen LogP contribution in [-0.4, -0.2) is 46.4 Å². The summed E-state index contributed by atoms with van der Waals surface area (Å²) in [4.78, 5) is 26.6. The summed E-state index contributed by atoms with van der Waals surface area (Å²) in [5, 5.41) is 30.3. The zero-order valence-corrected chi connectivity index (χ0v) is 17.0. The Morgan fingerprint density at radius 2 is 1.77 bits per heavy atom. The van der Waals surface area contributed by atoms with Crippen molar-refractivity contribution in [1.82, 2.24) is 4.90 Å². The van der Waals surface area contributed by atoms with Crippen molar-refractivity contribution in [2.24, 2.45) is 5.92 Å². The lowest BCUT2D eigenvalue weighted by atomic mass is 9.96. The SMILES string of the molecule is COC(=O)C1CCN(Cc2c(O)cc(O)c3c(=O)cc(-c4ccc(O)cc4)oc23)CC1. The summed E-state index contributed by atoms with van der Waals surface area (Å²) < 4.78 is 10.8. The average Bonchev–Trinajstić information content (AvgIpc) is 2.76. The van der Waals surface area contributed by atoms with Gasteiger partial charge in [0.1, 0.15) is 28.4 Å². The van der Waals surface area contributed by atoms with Crippen molar-refractivity contribution in [3.63, 3.8) is 0 Å². The fourth-order valence-electron chi connectivity index (χ4n) is 3.99. The summed E-state index contributed by atoms with van der Waals surface area (Å²) in [7, 11) is 1.38. The number of carbonyl (C=O) groups is 1. The minimum Gasteiger partial charge on any atom is -0.508 e. The summed E-state index contributed by atoms with van der Waals surface area (Å²) >= 11 is 0. The van der Waals surface area contributed by atoms with E-state index in [-0.39, 0.29) is 45.9 Å². The third-order valence-corrected chi connectivity index (χ3v) is 5.72. The molecule has 0 spiro atoms. The molecule has 1 aliphatic rings. The smallest absolute Gasteiger partial charge is 0.308 e. The number of carbonyl (C=O) groups excluding carboxylic acids is 1. The molecule has 4 rings (SSSR count). The molecule has 0 saturated carbocycles. The van der Waals surface area contributed by atoms with Crippen LogP contribution in [0.15, 0.2) is 45.6 Å². The van der Waals surface area contributed by atoms with Gasteiger partial charge in [0.05, 0.1) is 18.6 Å². The molecule has 1 saturated heterocycles. The molecule has 3 N–H and O–H groups in total. The van der Waals surface area contributed by atoms with Crippen molar-refractivity contribution in [2.75, 3.05) is 20.2 Å². The van der Waals surface area contributed by atoms with Gasteiger partial charge in [-0.25, -0.2) is 0 Å². The van der Waals surface area contributed by atoms with Gasteiger partial charge in [-0.05, 0) is 50.2 Å². The molecule has 2 aromatic carbocycles. The highest BCUT2D eigenvalue weighted by atomic mass is 16.5. The van der Waals surface area contributed by atoms with E-state index < -0.39 is 5.43 Å². The second-order valence-corrected chi connectivity index (χ2v) is 7.69. The number of phenols is 3. The number of esters is 1. The lowest BCUT2D eigenvalue weighted by molar-refractivity contribution is -0.147. The van der Waals surface area contributed by atoms with Crippen LogP contribution in [0.3, 0.4) is 0 Å². The Labute approximate surface area is 177 Å². The van der Waals surface area contributed by atoms with Crippen molar-refractivity contribution in [3.8, 4) is 28.6 Å². The predicted molar refractivity (Wildman–Crippen MR) is 113 cm³/mol. The third-order valence-electron chi connectivity index (χ3n) is 5.72. The second-order valence-electron chi connectivity index (χ2n) is 7.69. The fraction of sp³-hybridized carbons (Fsp3) is 0.304. The maximum atomic E-state index is 12.8. The Bertz CT molecular complexity index is 1180. The van der Waals surface area contributed by atoms with Gasteiger partial charge in [0.2, 0.25) is 0 Å². The molecule has 0 aliphatic carbocycles. The van der Waals surface area contributed by atoms with Gasteiger partial charge in [-0.15, -0.1) is 0 Å². The van der Waals surface area contributed by atoms with Crippen molar-refractivity contribution < 1.29 is 29.3 Å². The van der Waals surface area contributed by atoms with Crippen LogP contribution in [0, 0.1) is 5.92 Å². The van der Waals surface area contributed by atoms with E-state index in [0.717, 1.165) is 6.07 Å². The minimum absolute atomic E-state index is 0.000208. The molecular weight excluding hydrogens is 402 g/mol. The number of aromatic hydroxyl groups is 3. The van der Waals surface area contributed by atoms with Crippen molar-refractivity contribution in [1.29, 1.82) is 0 Å². The molecule has 8 nitrogen and oxygen atoms in total. The van der Waals surface area contributed by atoms with Gasteiger partial charge in [-0.2, -0.15) is 0 Å². The fourth-order valence-corrected chi connectivity index (χ4v) is 3.99. The van der Waals surface area contributed by atoms with Crippen LogP contribution in [0.2, 0.25) is 0 Å². The number of hydrogen-bond acceptors (Lipinski definition) is 8. The van der Waals surface area contributed by atoms with Crippen LogP contribution in [-0.2, 0) is 16.1 Å². The van der Waals surface area contributed by atoms with Gasteiger partial charge in [0.15, 0.2) is 11.0 Å². The lowest BCUT2D eigenvalue weighted by Gasteiger charge is -2.30. The number of fused-ring (bicyclic) bond motifs is 1. The summed E-state index contributed by atoms with van der Waals surface area (Å²) in [5.41, 5.74) is 0.641. The molecule has 0 radical (unpaired) electrons. The third kappa shape index (κ3) is 4.06. The average molecular weight is 425 g/mol. The number of hydrogen-bond donors (Lipinski definition) is 3. The molecule has 3 aromatic rings. The monoisotopic (exact) mass is 425 g/mol. The van der Waals surface area contributed by atoms with Crippen LogP contribution >= 0.6 is 0 Å². The van der Waals surface area contributed by atoms with Crippen LogP contribution < -0.4 is 5.43 Å². The number of nitrogens with zero attached hydrogens (tertiary/aromatic N) is 1. The first-order valence-electron chi connectivity index (χ1n) is 9.98. The minimum atomic E-state index is -0.438. The number of benzene rings is 2. The molecule has 1 aromatic heterocycles. The van der Waals surface area contributed by atoms with E-state index in [1.165, 1.54) is 25.3 Å². The van der Waals surface area contributed by atoms with Crippen molar-refractivity contribution in [3.05, 3.63) is 52.2 Å². The molecule has 1 aliphatic heterocycles. The first-order valence-corrected chi connectivity index (χ1v) is 9.98. The first-order chi connectivity index (χ1) is 14.9. The first kappa shape index (κ1) is 20.7. The maximum Gasteiger partial charge on any atom is 0.308 e. The molecule has 1 fully saturated rings. The number of ether oxygens (including phenoxy) is 1. The Kier molecular flexibility index (Phi) is 5.56. The molecule has 0 bridgehead atoms. The number of rotatable bonds is 4. The van der Waals surface area contributed by atoms with Gasteiger partial charge in [-0.1, -0.05) is 0 Å². The highest BCUT2D eigenvalue weighted by Crippen LogP contribution is 2.36. The second kappa shape index (κ2) is 8.31. The summed E-state index contributed by atoms with van der Waals surface area (Å²) in [6.45, 7) is 1.52. The van der Waals surface area contributed by atoms with Crippen LogP contribution in [0.4, 0.5) is 0 Å². The largest absolute Gasteiger partial charge is 0.508 e. The normalized spacial score (nSPS) is 15.3. The number of piperidine rings is 1. The van der Waals surface area contributed by atoms with E-state index in [1.54, 1.807) is 12.1 Å². The molecule has 31 heavy (non-hydrogen) atoms. The van der Waals surface area contributed by atoms with E-state index >= 15 is 0 Å². The summed E-state index contributed by atoms with van der Waals surface area (Å²) in [6, 6.07) is 8.60. The molecule has 0 amide bonds. The molecular formula is C23H23NO7. The Hall–Kier alpha value is -3.52. The molecule has 162 valence electrons. The molecule has 2 heterocycles. The molecule has 8 heteroatoms. The van der Waals surface area contributed by atoms with Crippen LogP contribution in [0.25, 0.3) is 22.3 Å². The van der Waals surface area contributed by atoms with Gasteiger partial charge < -0.3 is 24.5 Å².